The second-order valence-corrected chi connectivity index (χ2v) is 4.75. The molecule has 0 saturated carbocycles. The van der Waals surface area contributed by atoms with E-state index in [0.717, 1.165) is 5.69 Å². The molecule has 0 saturated heterocycles. The minimum atomic E-state index is -0.197. The SMILES string of the molecule is Cc1ncc(C(=O)Nc2ccc(C(C)C)cc2)cn1. The lowest BCUT2D eigenvalue weighted by Crippen LogP contribution is -2.12. The van der Waals surface area contributed by atoms with Crippen LogP contribution in [0.5, 0.6) is 0 Å². The molecule has 0 aliphatic carbocycles. The highest BCUT2D eigenvalue weighted by Gasteiger charge is 2.07. The lowest BCUT2D eigenvalue weighted by Gasteiger charge is -2.08. The Kier molecular flexibility index (Phi) is 3.90. The highest BCUT2D eigenvalue weighted by atomic mass is 16.1. The predicted molar refractivity (Wildman–Crippen MR) is 75.3 cm³/mol. The molecular formula is C15H17N3O. The Labute approximate surface area is 112 Å². The lowest BCUT2D eigenvalue weighted by molar-refractivity contribution is 0.102. The van der Waals surface area contributed by atoms with Crippen LogP contribution in [0.3, 0.4) is 0 Å². The Morgan fingerprint density at radius 1 is 1.11 bits per heavy atom. The van der Waals surface area contributed by atoms with E-state index in [9.17, 15) is 4.79 Å². The van der Waals surface area contributed by atoms with Crippen molar-refractivity contribution < 1.29 is 4.79 Å². The van der Waals surface area contributed by atoms with Gasteiger partial charge < -0.3 is 5.32 Å². The van der Waals surface area contributed by atoms with Crippen LogP contribution in [0.4, 0.5) is 5.69 Å². The van der Waals surface area contributed by atoms with E-state index in [1.54, 1.807) is 6.92 Å². The standard InChI is InChI=1S/C15H17N3O/c1-10(2)12-4-6-14(7-5-12)18-15(19)13-8-16-11(3)17-9-13/h4-10H,1-3H3,(H,18,19). The Morgan fingerprint density at radius 3 is 2.21 bits per heavy atom. The molecule has 1 heterocycles. The number of aromatic nitrogens is 2. The first-order valence-corrected chi connectivity index (χ1v) is 6.26. The first-order chi connectivity index (χ1) is 9.06. The largest absolute Gasteiger partial charge is 0.322 e. The van der Waals surface area contributed by atoms with Crippen LogP contribution in [0.2, 0.25) is 0 Å². The number of nitrogens with zero attached hydrogens (tertiary/aromatic N) is 2. The van der Waals surface area contributed by atoms with E-state index in [1.807, 2.05) is 24.3 Å². The normalized spacial score (nSPS) is 10.5. The fraction of sp³-hybridized carbons (Fsp3) is 0.267. The van der Waals surface area contributed by atoms with E-state index in [-0.39, 0.29) is 5.91 Å². The van der Waals surface area contributed by atoms with Crippen molar-refractivity contribution in [2.24, 2.45) is 0 Å². The van der Waals surface area contributed by atoms with Crippen molar-refractivity contribution in [3.63, 3.8) is 0 Å². The Hall–Kier alpha value is -2.23. The molecule has 4 heteroatoms. The summed E-state index contributed by atoms with van der Waals surface area (Å²) in [6.07, 6.45) is 3.06. The van der Waals surface area contributed by atoms with Gasteiger partial charge >= 0.3 is 0 Å². The van der Waals surface area contributed by atoms with E-state index in [2.05, 4.69) is 29.1 Å². The molecule has 19 heavy (non-hydrogen) atoms. The Balaban J connectivity index is 2.08. The molecule has 2 rings (SSSR count). The summed E-state index contributed by atoms with van der Waals surface area (Å²) in [6.45, 7) is 6.06. The number of anilines is 1. The minimum absolute atomic E-state index is 0.197. The van der Waals surface area contributed by atoms with Crippen LogP contribution in [0, 0.1) is 6.92 Å². The van der Waals surface area contributed by atoms with Gasteiger partial charge in [0.15, 0.2) is 0 Å². The average molecular weight is 255 g/mol. The molecule has 1 N–H and O–H groups in total. The van der Waals surface area contributed by atoms with Gasteiger partial charge in [-0.1, -0.05) is 26.0 Å². The molecule has 0 aliphatic rings. The zero-order valence-corrected chi connectivity index (χ0v) is 11.3. The summed E-state index contributed by atoms with van der Waals surface area (Å²) in [4.78, 5) is 20.0. The number of carbonyl (C=O) groups excluding carboxylic acids is 1. The molecule has 0 atom stereocenters. The quantitative estimate of drug-likeness (QED) is 0.916. The highest BCUT2D eigenvalue weighted by Crippen LogP contribution is 2.17. The molecule has 1 amide bonds. The monoisotopic (exact) mass is 255 g/mol. The molecular weight excluding hydrogens is 238 g/mol. The predicted octanol–water partition coefficient (Wildman–Crippen LogP) is 3.16. The number of aryl methyl sites for hydroxylation is 1. The van der Waals surface area contributed by atoms with Crippen molar-refractivity contribution in [1.29, 1.82) is 0 Å². The third-order valence-corrected chi connectivity index (χ3v) is 2.88. The van der Waals surface area contributed by atoms with Crippen LogP contribution in [0.1, 0.15) is 41.5 Å². The fourth-order valence-corrected chi connectivity index (χ4v) is 1.66. The first kappa shape index (κ1) is 13.2. The number of amides is 1. The number of carbonyl (C=O) groups is 1. The Bertz CT molecular complexity index is 559. The van der Waals surface area contributed by atoms with Crippen LogP contribution in [-0.4, -0.2) is 15.9 Å². The van der Waals surface area contributed by atoms with Crippen molar-refractivity contribution >= 4 is 11.6 Å². The summed E-state index contributed by atoms with van der Waals surface area (Å²) >= 11 is 0. The van der Waals surface area contributed by atoms with E-state index < -0.39 is 0 Å². The number of hydrogen-bond acceptors (Lipinski definition) is 3. The maximum absolute atomic E-state index is 12.0. The fourth-order valence-electron chi connectivity index (χ4n) is 1.66. The van der Waals surface area contributed by atoms with Gasteiger partial charge in [0.2, 0.25) is 0 Å². The van der Waals surface area contributed by atoms with Crippen LogP contribution in [0.25, 0.3) is 0 Å². The van der Waals surface area contributed by atoms with Crippen molar-refractivity contribution in [2.45, 2.75) is 26.7 Å². The maximum Gasteiger partial charge on any atom is 0.258 e. The summed E-state index contributed by atoms with van der Waals surface area (Å²) in [5, 5.41) is 2.82. The zero-order chi connectivity index (χ0) is 13.8. The molecule has 0 bridgehead atoms. The summed E-state index contributed by atoms with van der Waals surface area (Å²) < 4.78 is 0. The van der Waals surface area contributed by atoms with Crippen LogP contribution < -0.4 is 5.32 Å². The van der Waals surface area contributed by atoms with Gasteiger partial charge in [-0.3, -0.25) is 4.79 Å². The van der Waals surface area contributed by atoms with Gasteiger partial charge in [0, 0.05) is 18.1 Å². The van der Waals surface area contributed by atoms with Gasteiger partial charge in [-0.05, 0) is 30.5 Å². The summed E-state index contributed by atoms with van der Waals surface area (Å²) in [5.41, 5.74) is 2.48. The molecule has 0 aliphatic heterocycles. The van der Waals surface area contributed by atoms with Gasteiger partial charge in [0.1, 0.15) is 5.82 Å². The number of hydrogen-bond donors (Lipinski definition) is 1. The molecule has 2 aromatic rings. The van der Waals surface area contributed by atoms with E-state index in [1.165, 1.54) is 18.0 Å². The highest BCUT2D eigenvalue weighted by molar-refractivity contribution is 6.03. The summed E-state index contributed by atoms with van der Waals surface area (Å²) in [7, 11) is 0. The lowest BCUT2D eigenvalue weighted by atomic mass is 10.0. The van der Waals surface area contributed by atoms with E-state index >= 15 is 0 Å². The average Bonchev–Trinajstić information content (AvgIpc) is 2.40. The second-order valence-electron chi connectivity index (χ2n) is 4.75. The first-order valence-electron chi connectivity index (χ1n) is 6.26. The Morgan fingerprint density at radius 2 is 1.68 bits per heavy atom. The molecule has 1 aromatic carbocycles. The number of benzene rings is 1. The molecule has 98 valence electrons. The molecule has 0 spiro atoms. The van der Waals surface area contributed by atoms with E-state index in [0.29, 0.717) is 17.3 Å². The van der Waals surface area contributed by atoms with Gasteiger partial charge in [0.25, 0.3) is 5.91 Å². The second kappa shape index (κ2) is 5.61. The molecule has 0 fully saturated rings. The number of rotatable bonds is 3. The van der Waals surface area contributed by atoms with Gasteiger partial charge in [-0.2, -0.15) is 0 Å². The molecule has 0 unspecified atom stereocenters. The third kappa shape index (κ3) is 3.37. The third-order valence-electron chi connectivity index (χ3n) is 2.88. The number of nitrogens with one attached hydrogen (secondary N) is 1. The van der Waals surface area contributed by atoms with Gasteiger partial charge in [0.05, 0.1) is 5.56 Å². The van der Waals surface area contributed by atoms with Gasteiger partial charge in [-0.25, -0.2) is 9.97 Å². The summed E-state index contributed by atoms with van der Waals surface area (Å²) in [6, 6.07) is 7.85. The maximum atomic E-state index is 12.0. The molecule has 0 radical (unpaired) electrons. The van der Waals surface area contributed by atoms with Crippen molar-refractivity contribution in [3.05, 3.63) is 53.6 Å². The van der Waals surface area contributed by atoms with Gasteiger partial charge in [-0.15, -0.1) is 0 Å². The summed E-state index contributed by atoms with van der Waals surface area (Å²) in [5.74, 6) is 0.936. The zero-order valence-electron chi connectivity index (χ0n) is 11.3. The van der Waals surface area contributed by atoms with Crippen molar-refractivity contribution in [1.82, 2.24) is 9.97 Å². The van der Waals surface area contributed by atoms with Crippen molar-refractivity contribution in [3.8, 4) is 0 Å². The van der Waals surface area contributed by atoms with Crippen LogP contribution in [0.15, 0.2) is 36.7 Å². The molecule has 4 nitrogen and oxygen atoms in total. The molecule has 1 aromatic heterocycles. The van der Waals surface area contributed by atoms with Crippen LogP contribution in [-0.2, 0) is 0 Å². The minimum Gasteiger partial charge on any atom is -0.322 e. The smallest absolute Gasteiger partial charge is 0.258 e. The van der Waals surface area contributed by atoms with E-state index in [4.69, 9.17) is 0 Å². The van der Waals surface area contributed by atoms with Crippen LogP contribution >= 0.6 is 0 Å². The van der Waals surface area contributed by atoms with Crippen molar-refractivity contribution in [2.75, 3.05) is 5.32 Å². The topological polar surface area (TPSA) is 54.9 Å².